The Kier molecular flexibility index (Phi) is 9.67. The monoisotopic (exact) mass is 528 g/mol. The highest BCUT2D eigenvalue weighted by atomic mass is 127. The standard InChI is InChI=1S/C21H32N6O2.HI/c1-15(2)20-25-19(29-26-20)10-11-23-21(22-3)24-16-7-6-12-27(14-16)17-8-5-9-18(13-17)28-4;/h5,8-9,13,15-16H,6-7,10-12,14H2,1-4H3,(H2,22,23,24);1H. The zero-order valence-electron chi connectivity index (χ0n) is 18.2. The maximum Gasteiger partial charge on any atom is 0.228 e. The molecule has 2 aromatic rings. The molecule has 1 aromatic carbocycles. The Balaban J connectivity index is 0.00000320. The zero-order valence-corrected chi connectivity index (χ0v) is 20.6. The quantitative estimate of drug-likeness (QED) is 0.324. The molecule has 0 aliphatic carbocycles. The number of aromatic nitrogens is 2. The molecule has 1 fully saturated rings. The van der Waals surface area contributed by atoms with Crippen molar-refractivity contribution in [3.63, 3.8) is 0 Å². The minimum Gasteiger partial charge on any atom is -0.497 e. The second kappa shape index (κ2) is 12.0. The van der Waals surface area contributed by atoms with Crippen molar-refractivity contribution in [1.82, 2.24) is 20.8 Å². The summed E-state index contributed by atoms with van der Waals surface area (Å²) in [5, 5.41) is 10.9. The first-order valence-corrected chi connectivity index (χ1v) is 10.3. The topological polar surface area (TPSA) is 87.8 Å². The third kappa shape index (κ3) is 6.75. The molecular weight excluding hydrogens is 495 g/mol. The van der Waals surface area contributed by atoms with Crippen LogP contribution in [0.15, 0.2) is 33.8 Å². The van der Waals surface area contributed by atoms with E-state index in [1.165, 1.54) is 5.69 Å². The number of rotatable bonds is 7. The van der Waals surface area contributed by atoms with Crippen LogP contribution in [0, 0.1) is 0 Å². The van der Waals surface area contributed by atoms with Gasteiger partial charge in [0.1, 0.15) is 5.75 Å². The molecule has 0 spiro atoms. The van der Waals surface area contributed by atoms with Crippen LogP contribution >= 0.6 is 24.0 Å². The molecule has 1 atom stereocenters. The van der Waals surface area contributed by atoms with E-state index >= 15 is 0 Å². The first-order chi connectivity index (χ1) is 14.1. The Hall–Kier alpha value is -2.04. The summed E-state index contributed by atoms with van der Waals surface area (Å²) in [5.41, 5.74) is 1.19. The Morgan fingerprint density at radius 1 is 1.40 bits per heavy atom. The number of nitrogens with zero attached hydrogens (tertiary/aromatic N) is 4. The van der Waals surface area contributed by atoms with E-state index in [4.69, 9.17) is 9.26 Å². The fraction of sp³-hybridized carbons (Fsp3) is 0.571. The lowest BCUT2D eigenvalue weighted by molar-refractivity contribution is 0.371. The molecule has 30 heavy (non-hydrogen) atoms. The maximum absolute atomic E-state index is 5.36. The van der Waals surface area contributed by atoms with Crippen molar-refractivity contribution in [3.05, 3.63) is 36.0 Å². The number of hydrogen-bond acceptors (Lipinski definition) is 6. The summed E-state index contributed by atoms with van der Waals surface area (Å²) in [6, 6.07) is 8.56. The van der Waals surface area contributed by atoms with Crippen LogP contribution in [0.1, 0.15) is 44.3 Å². The van der Waals surface area contributed by atoms with E-state index in [9.17, 15) is 0 Å². The number of anilines is 1. The molecule has 8 nitrogen and oxygen atoms in total. The van der Waals surface area contributed by atoms with Crippen LogP contribution < -0.4 is 20.3 Å². The number of aliphatic imine (C=N–C) groups is 1. The van der Waals surface area contributed by atoms with Gasteiger partial charge in [-0.3, -0.25) is 4.99 Å². The van der Waals surface area contributed by atoms with Crippen molar-refractivity contribution in [2.45, 2.75) is 45.1 Å². The van der Waals surface area contributed by atoms with Crippen molar-refractivity contribution >= 4 is 35.6 Å². The molecule has 1 unspecified atom stereocenters. The van der Waals surface area contributed by atoms with Gasteiger partial charge >= 0.3 is 0 Å². The van der Waals surface area contributed by atoms with Crippen molar-refractivity contribution in [2.24, 2.45) is 4.99 Å². The van der Waals surface area contributed by atoms with Crippen molar-refractivity contribution in [2.75, 3.05) is 38.7 Å². The Morgan fingerprint density at radius 2 is 2.23 bits per heavy atom. The van der Waals surface area contributed by atoms with E-state index in [0.29, 0.717) is 24.9 Å². The minimum atomic E-state index is 0. The Labute approximate surface area is 195 Å². The van der Waals surface area contributed by atoms with Gasteiger partial charge in [0.25, 0.3) is 0 Å². The SMILES string of the molecule is CN=C(NCCc1nc(C(C)C)no1)NC1CCCN(c2cccc(OC)c2)C1.I. The second-order valence-electron chi connectivity index (χ2n) is 7.58. The van der Waals surface area contributed by atoms with Crippen LogP contribution in [-0.2, 0) is 6.42 Å². The average molecular weight is 528 g/mol. The van der Waals surface area contributed by atoms with Gasteiger partial charge in [-0.25, -0.2) is 0 Å². The van der Waals surface area contributed by atoms with E-state index in [2.05, 4.69) is 56.6 Å². The number of guanidine groups is 1. The van der Waals surface area contributed by atoms with Gasteiger partial charge in [0.15, 0.2) is 11.8 Å². The molecular formula is C21H33IN6O2. The largest absolute Gasteiger partial charge is 0.497 e. The molecule has 166 valence electrons. The number of benzene rings is 1. The lowest BCUT2D eigenvalue weighted by Crippen LogP contribution is -2.51. The van der Waals surface area contributed by atoms with Gasteiger partial charge in [-0.05, 0) is 25.0 Å². The summed E-state index contributed by atoms with van der Waals surface area (Å²) >= 11 is 0. The number of methoxy groups -OCH3 is 1. The van der Waals surface area contributed by atoms with E-state index in [-0.39, 0.29) is 29.9 Å². The normalized spacial score (nSPS) is 16.9. The third-order valence-corrected chi connectivity index (χ3v) is 5.04. The maximum atomic E-state index is 5.36. The Morgan fingerprint density at radius 3 is 2.93 bits per heavy atom. The van der Waals surface area contributed by atoms with Crippen LogP contribution in [0.4, 0.5) is 5.69 Å². The smallest absolute Gasteiger partial charge is 0.228 e. The van der Waals surface area contributed by atoms with Gasteiger partial charge in [-0.1, -0.05) is 25.1 Å². The summed E-state index contributed by atoms with van der Waals surface area (Å²) in [6.07, 6.45) is 2.91. The van der Waals surface area contributed by atoms with Crippen molar-refractivity contribution in [1.29, 1.82) is 0 Å². The fourth-order valence-corrected chi connectivity index (χ4v) is 3.42. The molecule has 1 aliphatic rings. The van der Waals surface area contributed by atoms with E-state index < -0.39 is 0 Å². The van der Waals surface area contributed by atoms with Gasteiger partial charge in [0.2, 0.25) is 5.89 Å². The van der Waals surface area contributed by atoms with Crippen molar-refractivity contribution in [3.8, 4) is 5.75 Å². The van der Waals surface area contributed by atoms with Gasteiger partial charge in [-0.2, -0.15) is 4.98 Å². The lowest BCUT2D eigenvalue weighted by atomic mass is 10.0. The van der Waals surface area contributed by atoms with E-state index in [0.717, 1.165) is 43.5 Å². The molecule has 9 heteroatoms. The summed E-state index contributed by atoms with van der Waals surface area (Å²) < 4.78 is 10.7. The van der Waals surface area contributed by atoms with Crippen LogP contribution in [-0.4, -0.2) is 55.9 Å². The molecule has 1 saturated heterocycles. The first kappa shape index (κ1) is 24.2. The van der Waals surface area contributed by atoms with Gasteiger partial charge in [0.05, 0.1) is 7.11 Å². The Bertz CT molecular complexity index is 810. The van der Waals surface area contributed by atoms with Crippen LogP contribution in [0.25, 0.3) is 0 Å². The molecule has 2 N–H and O–H groups in total. The number of nitrogens with one attached hydrogen (secondary N) is 2. The number of piperidine rings is 1. The van der Waals surface area contributed by atoms with Crippen LogP contribution in [0.5, 0.6) is 5.75 Å². The molecule has 0 amide bonds. The molecule has 1 aromatic heterocycles. The van der Waals surface area contributed by atoms with Gasteiger partial charge < -0.3 is 24.8 Å². The molecule has 0 saturated carbocycles. The molecule has 0 bridgehead atoms. The summed E-state index contributed by atoms with van der Waals surface area (Å²) in [7, 11) is 3.49. The molecule has 2 heterocycles. The van der Waals surface area contributed by atoms with Gasteiger partial charge in [-0.15, -0.1) is 24.0 Å². The van der Waals surface area contributed by atoms with E-state index in [1.807, 2.05) is 12.1 Å². The zero-order chi connectivity index (χ0) is 20.6. The highest BCUT2D eigenvalue weighted by molar-refractivity contribution is 14.0. The summed E-state index contributed by atoms with van der Waals surface area (Å²) in [4.78, 5) is 11.2. The summed E-state index contributed by atoms with van der Waals surface area (Å²) in [5.74, 6) is 3.36. The van der Waals surface area contributed by atoms with Gasteiger partial charge in [0, 0.05) is 56.8 Å². The molecule has 3 rings (SSSR count). The van der Waals surface area contributed by atoms with Crippen LogP contribution in [0.3, 0.4) is 0 Å². The average Bonchev–Trinajstić information content (AvgIpc) is 3.22. The van der Waals surface area contributed by atoms with Crippen molar-refractivity contribution < 1.29 is 9.26 Å². The predicted octanol–water partition coefficient (Wildman–Crippen LogP) is 3.20. The number of ether oxygens (including phenoxy) is 1. The highest BCUT2D eigenvalue weighted by Crippen LogP contribution is 2.24. The first-order valence-electron chi connectivity index (χ1n) is 10.3. The predicted molar refractivity (Wildman–Crippen MR) is 130 cm³/mol. The third-order valence-electron chi connectivity index (χ3n) is 5.04. The lowest BCUT2D eigenvalue weighted by Gasteiger charge is -2.35. The minimum absolute atomic E-state index is 0. The highest BCUT2D eigenvalue weighted by Gasteiger charge is 2.21. The summed E-state index contributed by atoms with van der Waals surface area (Å²) in [6.45, 7) is 6.77. The second-order valence-corrected chi connectivity index (χ2v) is 7.58. The van der Waals surface area contributed by atoms with Crippen LogP contribution in [0.2, 0.25) is 0 Å². The molecule has 0 radical (unpaired) electrons. The van der Waals surface area contributed by atoms with E-state index in [1.54, 1.807) is 14.2 Å². The fourth-order valence-electron chi connectivity index (χ4n) is 3.42. The molecule has 1 aliphatic heterocycles. The number of halogens is 1. The number of hydrogen-bond donors (Lipinski definition) is 2.